The van der Waals surface area contributed by atoms with Crippen LogP contribution in [0.4, 0.5) is 0 Å². The highest BCUT2D eigenvalue weighted by Gasteiger charge is 2.58. The summed E-state index contributed by atoms with van der Waals surface area (Å²) in [6.07, 6.45) is 10.1. The van der Waals surface area contributed by atoms with Gasteiger partial charge < -0.3 is 10.1 Å². The van der Waals surface area contributed by atoms with Crippen molar-refractivity contribution in [2.75, 3.05) is 0 Å². The predicted octanol–water partition coefficient (Wildman–Crippen LogP) is 4.08. The van der Waals surface area contributed by atoms with Crippen molar-refractivity contribution in [3.63, 3.8) is 0 Å². The average molecular weight is 400 g/mol. The molecule has 0 bridgehead atoms. The third kappa shape index (κ3) is 3.17. The summed E-state index contributed by atoms with van der Waals surface area (Å²) in [6, 6.07) is 0. The molecule has 0 aromatic rings. The highest BCUT2D eigenvalue weighted by Crippen LogP contribution is 2.65. The van der Waals surface area contributed by atoms with E-state index in [1.807, 2.05) is 0 Å². The fourth-order valence-electron chi connectivity index (χ4n) is 7.18. The van der Waals surface area contributed by atoms with E-state index >= 15 is 0 Å². The summed E-state index contributed by atoms with van der Waals surface area (Å²) < 4.78 is 5.52. The largest absolute Gasteiger partial charge is 0.462 e. The number of fused-ring (bicyclic) bond motifs is 5. The Morgan fingerprint density at radius 1 is 1.10 bits per heavy atom. The topological polar surface area (TPSA) is 72.5 Å². The molecule has 0 aromatic heterocycles. The molecule has 2 saturated carbocycles. The van der Waals surface area contributed by atoms with Crippen molar-refractivity contribution in [2.45, 2.75) is 78.7 Å². The van der Waals surface area contributed by atoms with Crippen molar-refractivity contribution in [1.82, 2.24) is 5.32 Å². The summed E-state index contributed by atoms with van der Waals surface area (Å²) in [5, 5.41) is 3.01. The van der Waals surface area contributed by atoms with Crippen LogP contribution in [0.15, 0.2) is 22.9 Å². The number of amides is 1. The van der Waals surface area contributed by atoms with E-state index in [1.54, 1.807) is 0 Å². The lowest BCUT2D eigenvalue weighted by molar-refractivity contribution is -0.148. The number of rotatable bonds is 3. The number of allylic oxidation sites excluding steroid dienone is 3. The number of hydrogen-bond acceptors (Lipinski definition) is 4. The third-order valence-corrected chi connectivity index (χ3v) is 8.56. The van der Waals surface area contributed by atoms with Gasteiger partial charge in [-0.05, 0) is 61.7 Å². The molecule has 0 radical (unpaired) electrons. The van der Waals surface area contributed by atoms with Gasteiger partial charge in [0, 0.05) is 37.0 Å². The molecule has 0 aromatic carbocycles. The molecule has 4 aliphatic carbocycles. The van der Waals surface area contributed by atoms with Crippen LogP contribution in [-0.2, 0) is 19.1 Å². The zero-order valence-electron chi connectivity index (χ0n) is 18.0. The number of aldehydes is 1. The minimum absolute atomic E-state index is 0.0124. The van der Waals surface area contributed by atoms with Crippen molar-refractivity contribution < 1.29 is 19.1 Å². The van der Waals surface area contributed by atoms with Crippen molar-refractivity contribution in [2.24, 2.45) is 28.6 Å². The number of carbonyl (C=O) groups excluding carboxylic acids is 3. The first kappa shape index (κ1) is 20.4. The summed E-state index contributed by atoms with van der Waals surface area (Å²) in [6.45, 7) is 7.66. The van der Waals surface area contributed by atoms with E-state index < -0.39 is 0 Å². The minimum atomic E-state index is -0.190. The zero-order valence-corrected chi connectivity index (χ0v) is 18.0. The molecule has 1 amide bonds. The summed E-state index contributed by atoms with van der Waals surface area (Å²) in [4.78, 5) is 35.0. The van der Waals surface area contributed by atoms with Gasteiger partial charge in [0.05, 0.1) is 0 Å². The van der Waals surface area contributed by atoms with Gasteiger partial charge in [-0.2, -0.15) is 0 Å². The molecule has 6 atom stereocenters. The number of hydrogen-bond donors (Lipinski definition) is 1. The molecule has 2 fully saturated rings. The maximum Gasteiger partial charge on any atom is 0.302 e. The van der Waals surface area contributed by atoms with E-state index in [0.717, 1.165) is 62.5 Å². The molecule has 0 spiro atoms. The molecule has 1 N–H and O–H groups in total. The minimum Gasteiger partial charge on any atom is -0.462 e. The second kappa shape index (κ2) is 7.10. The molecule has 0 heterocycles. The summed E-state index contributed by atoms with van der Waals surface area (Å²) >= 11 is 0. The predicted molar refractivity (Wildman–Crippen MR) is 110 cm³/mol. The van der Waals surface area contributed by atoms with Crippen LogP contribution in [0.3, 0.4) is 0 Å². The van der Waals surface area contributed by atoms with Crippen LogP contribution in [0, 0.1) is 28.6 Å². The second-order valence-electron chi connectivity index (χ2n) is 10.1. The van der Waals surface area contributed by atoms with Crippen LogP contribution >= 0.6 is 0 Å². The number of ether oxygens (including phenoxy) is 1. The molecule has 158 valence electrons. The Hall–Kier alpha value is -1.91. The summed E-state index contributed by atoms with van der Waals surface area (Å²) in [5.74, 6) is 1.22. The first-order valence-corrected chi connectivity index (χ1v) is 11.0. The SMILES string of the molecule is CC(=O)NC1=C(C=O)C[C@H]2[C@@H]3CC=C4CC(OC(C)=O)CC[C@]4(C)[C@@H]3CC[C@]12C. The molecule has 0 aliphatic heterocycles. The Morgan fingerprint density at radius 3 is 2.48 bits per heavy atom. The lowest BCUT2D eigenvalue weighted by atomic mass is 9.48. The lowest BCUT2D eigenvalue weighted by Gasteiger charge is -2.57. The van der Waals surface area contributed by atoms with Crippen LogP contribution in [-0.4, -0.2) is 24.3 Å². The average Bonchev–Trinajstić information content (AvgIpc) is 2.93. The number of carbonyl (C=O) groups is 3. The quantitative estimate of drug-likeness (QED) is 0.441. The van der Waals surface area contributed by atoms with Crippen molar-refractivity contribution >= 4 is 18.2 Å². The molecular formula is C24H33NO4. The first-order valence-electron chi connectivity index (χ1n) is 11.0. The fraction of sp³-hybridized carbons (Fsp3) is 0.708. The normalized spacial score (nSPS) is 40.9. The molecule has 29 heavy (non-hydrogen) atoms. The van der Waals surface area contributed by atoms with Gasteiger partial charge in [0.2, 0.25) is 5.91 Å². The first-order chi connectivity index (χ1) is 13.7. The van der Waals surface area contributed by atoms with E-state index in [1.165, 1.54) is 19.4 Å². The van der Waals surface area contributed by atoms with Gasteiger partial charge in [-0.3, -0.25) is 14.4 Å². The molecule has 4 aliphatic rings. The molecular weight excluding hydrogens is 366 g/mol. The van der Waals surface area contributed by atoms with Crippen LogP contribution in [0.5, 0.6) is 0 Å². The van der Waals surface area contributed by atoms with Crippen LogP contribution in [0.25, 0.3) is 0 Å². The number of esters is 1. The third-order valence-electron chi connectivity index (χ3n) is 8.56. The van der Waals surface area contributed by atoms with E-state index in [9.17, 15) is 14.4 Å². The Morgan fingerprint density at radius 2 is 1.83 bits per heavy atom. The van der Waals surface area contributed by atoms with Gasteiger partial charge >= 0.3 is 5.97 Å². The van der Waals surface area contributed by atoms with Gasteiger partial charge in [0.1, 0.15) is 12.4 Å². The molecule has 5 heteroatoms. The smallest absolute Gasteiger partial charge is 0.302 e. The fourth-order valence-corrected chi connectivity index (χ4v) is 7.18. The molecule has 5 nitrogen and oxygen atoms in total. The second-order valence-corrected chi connectivity index (χ2v) is 10.1. The molecule has 0 saturated heterocycles. The van der Waals surface area contributed by atoms with Crippen LogP contribution in [0.1, 0.15) is 72.6 Å². The van der Waals surface area contributed by atoms with Gasteiger partial charge in [-0.1, -0.05) is 25.5 Å². The zero-order chi connectivity index (χ0) is 21.0. The Kier molecular flexibility index (Phi) is 4.99. The Balaban J connectivity index is 1.61. The molecule has 1 unspecified atom stereocenters. The Bertz CT molecular complexity index is 812. The van der Waals surface area contributed by atoms with Crippen LogP contribution in [0.2, 0.25) is 0 Å². The van der Waals surface area contributed by atoms with Crippen molar-refractivity contribution in [1.29, 1.82) is 0 Å². The standard InChI is InChI=1S/C24H33NO4/c1-14(27)25-22-16(13-26)11-21-19-6-5-17-12-18(29-15(2)28)7-9-23(17,3)20(19)8-10-24(21,22)4/h5,13,18-21H,6-12H2,1-4H3,(H,25,27)/t18?,19-,20-,21+,23+,24+/m1/s1. The van der Waals surface area contributed by atoms with Gasteiger partial charge in [0.25, 0.3) is 0 Å². The maximum absolute atomic E-state index is 11.8. The van der Waals surface area contributed by atoms with Gasteiger partial charge in [-0.25, -0.2) is 0 Å². The summed E-state index contributed by atoms with van der Waals surface area (Å²) in [7, 11) is 0. The van der Waals surface area contributed by atoms with Crippen molar-refractivity contribution in [3.05, 3.63) is 22.9 Å². The maximum atomic E-state index is 11.8. The summed E-state index contributed by atoms with van der Waals surface area (Å²) in [5.41, 5.74) is 3.15. The van der Waals surface area contributed by atoms with Crippen LogP contribution < -0.4 is 5.32 Å². The highest BCUT2D eigenvalue weighted by molar-refractivity contribution is 5.81. The Labute approximate surface area is 173 Å². The van der Waals surface area contributed by atoms with E-state index in [4.69, 9.17) is 4.74 Å². The van der Waals surface area contributed by atoms with E-state index in [2.05, 4.69) is 25.2 Å². The van der Waals surface area contributed by atoms with Gasteiger partial charge in [0.15, 0.2) is 0 Å². The molecule has 4 rings (SSSR count). The highest BCUT2D eigenvalue weighted by atomic mass is 16.5. The lowest BCUT2D eigenvalue weighted by Crippen LogP contribution is -2.51. The van der Waals surface area contributed by atoms with Crippen molar-refractivity contribution in [3.8, 4) is 0 Å². The number of nitrogens with one attached hydrogen (secondary N) is 1. The van der Waals surface area contributed by atoms with Gasteiger partial charge in [-0.15, -0.1) is 0 Å². The van der Waals surface area contributed by atoms with E-state index in [0.29, 0.717) is 17.8 Å². The van der Waals surface area contributed by atoms with E-state index in [-0.39, 0.29) is 28.8 Å². The monoisotopic (exact) mass is 399 g/mol.